The highest BCUT2D eigenvalue weighted by Gasteiger charge is 2.14. The average Bonchev–Trinajstić information content (AvgIpc) is 2.84. The van der Waals surface area contributed by atoms with Crippen LogP contribution in [0.2, 0.25) is 0 Å². The van der Waals surface area contributed by atoms with Crippen molar-refractivity contribution in [2.24, 2.45) is 0 Å². The second kappa shape index (κ2) is 10.5. The molecule has 0 radical (unpaired) electrons. The number of rotatable bonds is 8. The molecule has 6 nitrogen and oxygen atoms in total. The molecule has 0 atom stereocenters. The van der Waals surface area contributed by atoms with Crippen molar-refractivity contribution < 1.29 is 23.4 Å². The van der Waals surface area contributed by atoms with Gasteiger partial charge in [-0.3, -0.25) is 9.78 Å². The van der Waals surface area contributed by atoms with Gasteiger partial charge in [0.15, 0.2) is 0 Å². The molecule has 1 heterocycles. The van der Waals surface area contributed by atoms with Crippen LogP contribution in [0.1, 0.15) is 18.9 Å². The molecule has 4 aromatic rings. The minimum atomic E-state index is -0.585. The summed E-state index contributed by atoms with van der Waals surface area (Å²) in [7, 11) is 0. The summed E-state index contributed by atoms with van der Waals surface area (Å²) in [6.07, 6.45) is 2.18. The first kappa shape index (κ1) is 22.7. The minimum Gasteiger partial charge on any atom is -0.505 e. The second-order valence-electron chi connectivity index (χ2n) is 7.43. The smallest absolute Gasteiger partial charge is 0.315 e. The second-order valence-corrected chi connectivity index (χ2v) is 7.43. The van der Waals surface area contributed by atoms with Crippen LogP contribution in [0.15, 0.2) is 72.9 Å². The maximum absolute atomic E-state index is 14.7. The number of esters is 1. The molecular formula is C27H21FN2O4. The van der Waals surface area contributed by atoms with Crippen LogP contribution in [0.3, 0.4) is 0 Å². The van der Waals surface area contributed by atoms with Crippen LogP contribution in [0.5, 0.6) is 23.0 Å². The molecule has 0 saturated carbocycles. The zero-order valence-corrected chi connectivity index (χ0v) is 18.5. The van der Waals surface area contributed by atoms with Crippen molar-refractivity contribution in [3.63, 3.8) is 0 Å². The number of pyridine rings is 1. The molecule has 1 aromatic heterocycles. The maximum Gasteiger partial charge on any atom is 0.315 e. The van der Waals surface area contributed by atoms with Crippen LogP contribution >= 0.6 is 0 Å². The molecule has 0 fully saturated rings. The highest BCUT2D eigenvalue weighted by atomic mass is 19.1. The first-order valence-corrected chi connectivity index (χ1v) is 10.7. The molecule has 0 spiro atoms. The predicted octanol–water partition coefficient (Wildman–Crippen LogP) is 6.65. The summed E-state index contributed by atoms with van der Waals surface area (Å²) in [5, 5.41) is 0.605. The van der Waals surface area contributed by atoms with Crippen LogP contribution in [-0.2, 0) is 11.2 Å². The molecule has 0 bridgehead atoms. The first-order chi connectivity index (χ1) is 16.6. The zero-order valence-electron chi connectivity index (χ0n) is 18.5. The van der Waals surface area contributed by atoms with Gasteiger partial charge in [-0.1, -0.05) is 31.2 Å². The van der Waals surface area contributed by atoms with Gasteiger partial charge in [0.25, 0.3) is 0 Å². The van der Waals surface area contributed by atoms with E-state index in [0.29, 0.717) is 40.4 Å². The average molecular weight is 456 g/mol. The fraction of sp³-hybridized carbons (Fsp3) is 0.148. The molecular weight excluding hydrogens is 435 g/mol. The van der Waals surface area contributed by atoms with Crippen molar-refractivity contribution in [2.75, 3.05) is 6.61 Å². The summed E-state index contributed by atoms with van der Waals surface area (Å²) in [4.78, 5) is 20.0. The highest BCUT2D eigenvalue weighted by molar-refractivity contribution is 5.91. The zero-order chi connectivity index (χ0) is 23.9. The lowest BCUT2D eigenvalue weighted by Gasteiger charge is -2.12. The van der Waals surface area contributed by atoms with Crippen LogP contribution in [0.25, 0.3) is 15.7 Å². The van der Waals surface area contributed by atoms with Crippen molar-refractivity contribution in [3.8, 4) is 23.0 Å². The molecule has 34 heavy (non-hydrogen) atoms. The Kier molecular flexibility index (Phi) is 6.99. The SMILES string of the molecule is [C-]#[N+]c1cc2c(Oc3ccc(CC(=O)Oc4ccccc4)c(F)c3)ccnc2cc1OCCC. The Morgan fingerprint density at radius 3 is 2.59 bits per heavy atom. The summed E-state index contributed by atoms with van der Waals surface area (Å²) < 4.78 is 31.5. The van der Waals surface area contributed by atoms with Gasteiger partial charge in [0, 0.05) is 17.6 Å². The maximum atomic E-state index is 14.7. The summed E-state index contributed by atoms with van der Waals surface area (Å²) in [6, 6.07) is 17.9. The Balaban J connectivity index is 1.53. The van der Waals surface area contributed by atoms with Gasteiger partial charge in [-0.05, 0) is 48.4 Å². The van der Waals surface area contributed by atoms with Crippen molar-refractivity contribution in [2.45, 2.75) is 19.8 Å². The third-order valence-electron chi connectivity index (χ3n) is 4.93. The standard InChI is InChI=1S/C27H21FN2O4/c1-3-13-32-26-17-23-21(16-24(26)29-2)25(11-12-30-23)33-20-10-9-18(22(28)15-20)14-27(31)34-19-7-5-4-6-8-19/h4-12,15-17H,3,13-14H2,1H3. The summed E-state index contributed by atoms with van der Waals surface area (Å²) in [6.45, 7) is 9.94. The van der Waals surface area contributed by atoms with E-state index < -0.39 is 11.8 Å². The van der Waals surface area contributed by atoms with Gasteiger partial charge in [-0.15, -0.1) is 0 Å². The number of halogens is 1. The molecule has 0 aliphatic heterocycles. The lowest BCUT2D eigenvalue weighted by Crippen LogP contribution is -2.12. The monoisotopic (exact) mass is 456 g/mol. The van der Waals surface area contributed by atoms with E-state index in [0.717, 1.165) is 6.42 Å². The molecule has 0 amide bonds. The number of fused-ring (bicyclic) bond motifs is 1. The Morgan fingerprint density at radius 2 is 1.85 bits per heavy atom. The fourth-order valence-corrected chi connectivity index (χ4v) is 3.31. The number of benzene rings is 3. The van der Waals surface area contributed by atoms with E-state index in [1.807, 2.05) is 13.0 Å². The molecule has 0 N–H and O–H groups in total. The number of ether oxygens (including phenoxy) is 3. The van der Waals surface area contributed by atoms with E-state index in [2.05, 4.69) is 9.83 Å². The van der Waals surface area contributed by atoms with Crippen LogP contribution in [0, 0.1) is 12.4 Å². The van der Waals surface area contributed by atoms with Crippen LogP contribution < -0.4 is 14.2 Å². The van der Waals surface area contributed by atoms with Crippen molar-refractivity contribution in [1.29, 1.82) is 0 Å². The van der Waals surface area contributed by atoms with Crippen LogP contribution in [-0.4, -0.2) is 17.6 Å². The van der Waals surface area contributed by atoms with Gasteiger partial charge < -0.3 is 14.2 Å². The molecule has 0 aliphatic rings. The molecule has 170 valence electrons. The van der Waals surface area contributed by atoms with Gasteiger partial charge >= 0.3 is 5.97 Å². The van der Waals surface area contributed by atoms with Gasteiger partial charge in [0.1, 0.15) is 28.8 Å². The number of aromatic nitrogens is 1. The van der Waals surface area contributed by atoms with E-state index in [9.17, 15) is 9.18 Å². The lowest BCUT2D eigenvalue weighted by molar-refractivity contribution is -0.133. The topological polar surface area (TPSA) is 62.0 Å². The Labute approximate surface area is 196 Å². The van der Waals surface area contributed by atoms with Crippen LogP contribution in [0.4, 0.5) is 10.1 Å². The lowest BCUT2D eigenvalue weighted by atomic mass is 10.1. The van der Waals surface area contributed by atoms with Gasteiger partial charge in [0.05, 0.1) is 25.1 Å². The molecule has 0 saturated heterocycles. The molecule has 7 heteroatoms. The summed E-state index contributed by atoms with van der Waals surface area (Å²) >= 11 is 0. The summed E-state index contributed by atoms with van der Waals surface area (Å²) in [5.74, 6) is 0.393. The minimum absolute atomic E-state index is 0.195. The van der Waals surface area contributed by atoms with Gasteiger partial charge in [-0.25, -0.2) is 9.24 Å². The largest absolute Gasteiger partial charge is 0.505 e. The van der Waals surface area contributed by atoms with Crippen molar-refractivity contribution >= 4 is 22.6 Å². The molecule has 0 aliphatic carbocycles. The van der Waals surface area contributed by atoms with E-state index >= 15 is 0 Å². The van der Waals surface area contributed by atoms with E-state index in [-0.39, 0.29) is 17.7 Å². The number of hydrogen-bond donors (Lipinski definition) is 0. The van der Waals surface area contributed by atoms with Gasteiger partial charge in [0.2, 0.25) is 5.69 Å². The predicted molar refractivity (Wildman–Crippen MR) is 126 cm³/mol. The molecule has 3 aromatic carbocycles. The third-order valence-corrected chi connectivity index (χ3v) is 4.93. The quantitative estimate of drug-likeness (QED) is 0.169. The van der Waals surface area contributed by atoms with Gasteiger partial charge in [-0.2, -0.15) is 0 Å². The van der Waals surface area contributed by atoms with Crippen molar-refractivity contribution in [3.05, 3.63) is 95.7 Å². The molecule has 4 rings (SSSR count). The Hall–Kier alpha value is -4.44. The first-order valence-electron chi connectivity index (χ1n) is 10.7. The molecule has 0 unspecified atom stereocenters. The Morgan fingerprint density at radius 1 is 1.03 bits per heavy atom. The van der Waals surface area contributed by atoms with E-state index in [1.54, 1.807) is 54.7 Å². The van der Waals surface area contributed by atoms with E-state index in [1.165, 1.54) is 12.1 Å². The third kappa shape index (κ3) is 5.30. The number of nitrogens with zero attached hydrogens (tertiary/aromatic N) is 2. The number of hydrogen-bond acceptors (Lipinski definition) is 5. The normalized spacial score (nSPS) is 10.5. The Bertz CT molecular complexity index is 1370. The van der Waals surface area contributed by atoms with Crippen molar-refractivity contribution in [1.82, 2.24) is 4.98 Å². The highest BCUT2D eigenvalue weighted by Crippen LogP contribution is 2.37. The van der Waals surface area contributed by atoms with E-state index in [4.69, 9.17) is 20.8 Å². The fourth-order valence-electron chi connectivity index (χ4n) is 3.31. The number of carbonyl (C=O) groups excluding carboxylic acids is 1. The summed E-state index contributed by atoms with van der Waals surface area (Å²) in [5.41, 5.74) is 1.13. The number of carbonyl (C=O) groups is 1. The number of para-hydroxylation sites is 1.